The van der Waals surface area contributed by atoms with Crippen LogP contribution in [0.25, 0.3) is 0 Å². The van der Waals surface area contributed by atoms with Crippen LogP contribution in [0.2, 0.25) is 0 Å². The van der Waals surface area contributed by atoms with Gasteiger partial charge in [0.15, 0.2) is 4.34 Å². The molecule has 19 heavy (non-hydrogen) atoms. The van der Waals surface area contributed by atoms with Gasteiger partial charge in [-0.1, -0.05) is 23.1 Å². The molecule has 0 unspecified atom stereocenters. The molecule has 0 aliphatic heterocycles. The summed E-state index contributed by atoms with van der Waals surface area (Å²) in [5.74, 6) is -0.407. The average Bonchev–Trinajstić information content (AvgIpc) is 2.77. The van der Waals surface area contributed by atoms with Gasteiger partial charge in [0.1, 0.15) is 5.01 Å². The molecule has 0 aliphatic rings. The molecule has 0 spiro atoms. The molecule has 1 aromatic carbocycles. The van der Waals surface area contributed by atoms with Crippen molar-refractivity contribution in [3.05, 3.63) is 28.8 Å². The molecule has 2 N–H and O–H groups in total. The molecular formula is C12H13N3O2S2. The largest absolute Gasteiger partial charge is 0.462 e. The summed E-state index contributed by atoms with van der Waals surface area (Å²) in [6.07, 6.45) is 0. The quantitative estimate of drug-likeness (QED) is 0.690. The number of aromatic nitrogens is 2. The maximum absolute atomic E-state index is 11.7. The highest BCUT2D eigenvalue weighted by Crippen LogP contribution is 2.31. The van der Waals surface area contributed by atoms with Crippen LogP contribution in [0, 0.1) is 6.92 Å². The lowest BCUT2D eigenvalue weighted by Crippen LogP contribution is -2.07. The molecule has 0 saturated carbocycles. The molecule has 2 aromatic rings. The van der Waals surface area contributed by atoms with E-state index in [0.717, 1.165) is 14.2 Å². The zero-order valence-electron chi connectivity index (χ0n) is 10.5. The molecule has 100 valence electrons. The van der Waals surface area contributed by atoms with Crippen molar-refractivity contribution in [3.63, 3.8) is 0 Å². The third-order valence-corrected chi connectivity index (χ3v) is 4.11. The van der Waals surface area contributed by atoms with Crippen molar-refractivity contribution in [2.45, 2.75) is 23.1 Å². The van der Waals surface area contributed by atoms with E-state index in [2.05, 4.69) is 10.2 Å². The summed E-state index contributed by atoms with van der Waals surface area (Å²) in [7, 11) is 0. The Labute approximate surface area is 119 Å². The smallest absolute Gasteiger partial charge is 0.340 e. The Bertz CT molecular complexity index is 598. The summed E-state index contributed by atoms with van der Waals surface area (Å²) in [6, 6.07) is 5.26. The van der Waals surface area contributed by atoms with Crippen LogP contribution in [-0.4, -0.2) is 22.8 Å². The van der Waals surface area contributed by atoms with Crippen molar-refractivity contribution < 1.29 is 9.53 Å². The van der Waals surface area contributed by atoms with E-state index in [1.54, 1.807) is 19.1 Å². The van der Waals surface area contributed by atoms with Gasteiger partial charge < -0.3 is 10.5 Å². The molecular weight excluding hydrogens is 282 g/mol. The third kappa shape index (κ3) is 3.45. The molecule has 5 nitrogen and oxygen atoms in total. The molecule has 0 bridgehead atoms. The minimum Gasteiger partial charge on any atom is -0.462 e. The van der Waals surface area contributed by atoms with Crippen LogP contribution in [0.5, 0.6) is 0 Å². The number of benzene rings is 1. The highest BCUT2D eigenvalue weighted by atomic mass is 32.2. The first-order valence-corrected chi connectivity index (χ1v) is 7.28. The topological polar surface area (TPSA) is 78.1 Å². The molecule has 7 heteroatoms. The summed E-state index contributed by atoms with van der Waals surface area (Å²) in [5.41, 5.74) is 6.58. The highest BCUT2D eigenvalue weighted by molar-refractivity contribution is 8.01. The molecule has 0 aliphatic carbocycles. The summed E-state index contributed by atoms with van der Waals surface area (Å²) in [6.45, 7) is 3.98. The van der Waals surface area contributed by atoms with Gasteiger partial charge in [-0.2, -0.15) is 0 Å². The van der Waals surface area contributed by atoms with E-state index in [1.807, 2.05) is 13.0 Å². The standard InChI is InChI=1S/C12H13N3O2S2/c1-3-17-11(16)9-6-8(4-5-10(9)13)19-12-15-14-7(2)18-12/h4-6H,3,13H2,1-2H3. The molecule has 0 saturated heterocycles. The van der Waals surface area contributed by atoms with Gasteiger partial charge in [0.2, 0.25) is 0 Å². The summed E-state index contributed by atoms with van der Waals surface area (Å²) in [5, 5.41) is 8.88. The lowest BCUT2D eigenvalue weighted by Gasteiger charge is -2.06. The SMILES string of the molecule is CCOC(=O)c1cc(Sc2nnc(C)s2)ccc1N. The Kier molecular flexibility index (Phi) is 4.39. The van der Waals surface area contributed by atoms with E-state index in [1.165, 1.54) is 23.1 Å². The fraction of sp³-hybridized carbons (Fsp3) is 0.250. The summed E-state index contributed by atoms with van der Waals surface area (Å²) < 4.78 is 5.80. The molecule has 0 radical (unpaired) electrons. The third-order valence-electron chi connectivity index (χ3n) is 2.23. The van der Waals surface area contributed by atoms with Crippen LogP contribution in [0.4, 0.5) is 5.69 Å². The maximum Gasteiger partial charge on any atom is 0.340 e. The van der Waals surface area contributed by atoms with Gasteiger partial charge in [-0.25, -0.2) is 4.79 Å². The normalized spacial score (nSPS) is 10.4. The Morgan fingerprint density at radius 1 is 1.47 bits per heavy atom. The number of nitrogens with zero attached hydrogens (tertiary/aromatic N) is 2. The first-order chi connectivity index (χ1) is 9.10. The minimum atomic E-state index is -0.407. The Morgan fingerprint density at radius 3 is 2.89 bits per heavy atom. The fourth-order valence-electron chi connectivity index (χ4n) is 1.40. The van der Waals surface area contributed by atoms with Gasteiger partial charge in [-0.3, -0.25) is 0 Å². The van der Waals surface area contributed by atoms with Gasteiger partial charge in [0.25, 0.3) is 0 Å². The number of hydrogen-bond donors (Lipinski definition) is 1. The lowest BCUT2D eigenvalue weighted by molar-refractivity contribution is 0.0527. The Hall–Kier alpha value is -1.60. The van der Waals surface area contributed by atoms with Crippen LogP contribution in [-0.2, 0) is 4.74 Å². The number of nitrogen functional groups attached to an aromatic ring is 1. The molecule has 1 heterocycles. The van der Waals surface area contributed by atoms with Crippen LogP contribution < -0.4 is 5.73 Å². The first-order valence-electron chi connectivity index (χ1n) is 5.64. The van der Waals surface area contributed by atoms with Crippen LogP contribution in [0.1, 0.15) is 22.3 Å². The molecule has 1 aromatic heterocycles. The zero-order chi connectivity index (χ0) is 13.8. The number of nitrogens with two attached hydrogens (primary N) is 1. The molecule has 0 amide bonds. The molecule has 0 fully saturated rings. The van der Waals surface area contributed by atoms with Gasteiger partial charge in [0.05, 0.1) is 12.2 Å². The van der Waals surface area contributed by atoms with Crippen molar-refractivity contribution in [1.29, 1.82) is 0 Å². The number of anilines is 1. The maximum atomic E-state index is 11.7. The number of carbonyl (C=O) groups is 1. The van der Waals surface area contributed by atoms with Crippen molar-refractivity contribution in [1.82, 2.24) is 10.2 Å². The molecule has 0 atom stereocenters. The Morgan fingerprint density at radius 2 is 2.26 bits per heavy atom. The van der Waals surface area contributed by atoms with E-state index < -0.39 is 5.97 Å². The predicted molar refractivity (Wildman–Crippen MR) is 75.6 cm³/mol. The van der Waals surface area contributed by atoms with Crippen LogP contribution >= 0.6 is 23.1 Å². The summed E-state index contributed by atoms with van der Waals surface area (Å²) in [4.78, 5) is 12.6. The van der Waals surface area contributed by atoms with E-state index in [-0.39, 0.29) is 0 Å². The van der Waals surface area contributed by atoms with Gasteiger partial charge in [-0.05, 0) is 32.0 Å². The number of carbonyl (C=O) groups excluding carboxylic acids is 1. The lowest BCUT2D eigenvalue weighted by atomic mass is 10.2. The van der Waals surface area contributed by atoms with Gasteiger partial charge >= 0.3 is 5.97 Å². The van der Waals surface area contributed by atoms with Crippen molar-refractivity contribution >= 4 is 34.8 Å². The number of ether oxygens (including phenoxy) is 1. The van der Waals surface area contributed by atoms with E-state index in [9.17, 15) is 4.79 Å². The number of aryl methyl sites for hydroxylation is 1. The monoisotopic (exact) mass is 295 g/mol. The van der Waals surface area contributed by atoms with Crippen LogP contribution in [0.3, 0.4) is 0 Å². The number of hydrogen-bond acceptors (Lipinski definition) is 7. The average molecular weight is 295 g/mol. The van der Waals surface area contributed by atoms with E-state index in [0.29, 0.717) is 17.9 Å². The summed E-state index contributed by atoms with van der Waals surface area (Å²) >= 11 is 2.95. The van der Waals surface area contributed by atoms with Crippen molar-refractivity contribution in [2.24, 2.45) is 0 Å². The number of esters is 1. The van der Waals surface area contributed by atoms with Gasteiger partial charge in [0, 0.05) is 10.6 Å². The second-order valence-electron chi connectivity index (χ2n) is 3.66. The second-order valence-corrected chi connectivity index (χ2v) is 6.16. The van der Waals surface area contributed by atoms with Crippen LogP contribution in [0.15, 0.2) is 27.4 Å². The number of rotatable bonds is 4. The van der Waals surface area contributed by atoms with Crippen molar-refractivity contribution in [3.8, 4) is 0 Å². The predicted octanol–water partition coefficient (Wildman–Crippen LogP) is 2.76. The van der Waals surface area contributed by atoms with E-state index >= 15 is 0 Å². The van der Waals surface area contributed by atoms with E-state index in [4.69, 9.17) is 10.5 Å². The first kappa shape index (κ1) is 13.8. The zero-order valence-corrected chi connectivity index (χ0v) is 12.2. The molecule has 2 rings (SSSR count). The minimum absolute atomic E-state index is 0.325. The highest BCUT2D eigenvalue weighted by Gasteiger charge is 2.13. The second kappa shape index (κ2) is 6.03. The van der Waals surface area contributed by atoms with Gasteiger partial charge in [-0.15, -0.1) is 10.2 Å². The Balaban J connectivity index is 2.23. The fourth-order valence-corrected chi connectivity index (χ4v) is 3.23. The van der Waals surface area contributed by atoms with Crippen molar-refractivity contribution in [2.75, 3.05) is 12.3 Å².